The average molecular weight is 361 g/mol. The van der Waals surface area contributed by atoms with E-state index in [0.717, 1.165) is 51.0 Å². The van der Waals surface area contributed by atoms with Crippen LogP contribution < -0.4 is 5.73 Å². The van der Waals surface area contributed by atoms with E-state index in [1.165, 1.54) is 0 Å². The van der Waals surface area contributed by atoms with Crippen LogP contribution in [0.15, 0.2) is 24.3 Å². The highest BCUT2D eigenvalue weighted by Gasteiger charge is 2.38. The molecule has 0 spiro atoms. The van der Waals surface area contributed by atoms with E-state index in [9.17, 15) is 9.90 Å². The van der Waals surface area contributed by atoms with Crippen molar-refractivity contribution in [3.05, 3.63) is 29.8 Å². The van der Waals surface area contributed by atoms with Gasteiger partial charge in [0.15, 0.2) is 0 Å². The molecular weight excluding hydrogens is 330 g/mol. The number of piperidine rings is 2. The van der Waals surface area contributed by atoms with Gasteiger partial charge in [-0.05, 0) is 38.2 Å². The lowest BCUT2D eigenvalue weighted by Gasteiger charge is -2.44. The SMILES string of the molecule is CCCOC(=O)N1CCC(N2CCC(O)(c3ccccc3N)CC2)CC1. The van der Waals surface area contributed by atoms with Crippen molar-refractivity contribution in [2.45, 2.75) is 50.7 Å². The molecule has 6 nitrogen and oxygen atoms in total. The number of ether oxygens (including phenoxy) is 1. The summed E-state index contributed by atoms with van der Waals surface area (Å²) in [6.07, 6.45) is 3.99. The fraction of sp³-hybridized carbons (Fsp3) is 0.650. The van der Waals surface area contributed by atoms with Crippen LogP contribution in [-0.2, 0) is 10.3 Å². The molecule has 0 aliphatic carbocycles. The predicted molar refractivity (Wildman–Crippen MR) is 102 cm³/mol. The van der Waals surface area contributed by atoms with Crippen molar-refractivity contribution >= 4 is 11.8 Å². The molecule has 3 N–H and O–H groups in total. The topological polar surface area (TPSA) is 79.0 Å². The third kappa shape index (κ3) is 4.13. The number of benzene rings is 1. The lowest BCUT2D eigenvalue weighted by Crippen LogP contribution is -2.51. The second-order valence-electron chi connectivity index (χ2n) is 7.49. The largest absolute Gasteiger partial charge is 0.449 e. The fourth-order valence-electron chi connectivity index (χ4n) is 4.14. The van der Waals surface area contributed by atoms with E-state index in [-0.39, 0.29) is 6.09 Å². The molecule has 0 aromatic heterocycles. The number of nitrogen functional groups attached to an aromatic ring is 1. The standard InChI is InChI=1S/C20H31N3O3/c1-2-15-26-19(24)23-11-7-16(8-12-23)22-13-9-20(25,10-14-22)17-5-3-4-6-18(17)21/h3-6,16,25H,2,7-15,21H2,1H3. The fourth-order valence-corrected chi connectivity index (χ4v) is 4.14. The van der Waals surface area contributed by atoms with Gasteiger partial charge in [0.1, 0.15) is 0 Å². The Morgan fingerprint density at radius 1 is 1.23 bits per heavy atom. The maximum absolute atomic E-state index is 12.0. The van der Waals surface area contributed by atoms with Gasteiger partial charge >= 0.3 is 6.09 Å². The summed E-state index contributed by atoms with van der Waals surface area (Å²) >= 11 is 0. The lowest BCUT2D eigenvalue weighted by atomic mass is 9.82. The number of hydrogen-bond acceptors (Lipinski definition) is 5. The molecule has 0 bridgehead atoms. The minimum absolute atomic E-state index is 0.183. The van der Waals surface area contributed by atoms with Crippen LogP contribution in [0, 0.1) is 0 Å². The second kappa shape index (κ2) is 8.27. The number of aliphatic hydroxyl groups is 1. The van der Waals surface area contributed by atoms with Gasteiger partial charge in [0.05, 0.1) is 12.2 Å². The summed E-state index contributed by atoms with van der Waals surface area (Å²) in [4.78, 5) is 16.2. The molecule has 1 amide bonds. The molecule has 6 heteroatoms. The van der Waals surface area contributed by atoms with Crippen molar-refractivity contribution in [1.29, 1.82) is 0 Å². The molecule has 0 saturated carbocycles. The van der Waals surface area contributed by atoms with Crippen LogP contribution >= 0.6 is 0 Å². The molecule has 1 aromatic rings. The molecule has 2 aliphatic rings. The van der Waals surface area contributed by atoms with Crippen molar-refractivity contribution in [2.75, 3.05) is 38.5 Å². The summed E-state index contributed by atoms with van der Waals surface area (Å²) in [6, 6.07) is 8.10. The van der Waals surface area contributed by atoms with E-state index in [1.807, 2.05) is 36.1 Å². The van der Waals surface area contributed by atoms with Crippen molar-refractivity contribution in [2.24, 2.45) is 0 Å². The van der Waals surface area contributed by atoms with Crippen molar-refractivity contribution in [1.82, 2.24) is 9.80 Å². The van der Waals surface area contributed by atoms with Crippen molar-refractivity contribution in [3.63, 3.8) is 0 Å². The van der Waals surface area contributed by atoms with Crippen LogP contribution in [0.25, 0.3) is 0 Å². The normalized spacial score (nSPS) is 21.5. The first-order valence-corrected chi connectivity index (χ1v) is 9.76. The molecule has 2 heterocycles. The third-order valence-corrected chi connectivity index (χ3v) is 5.76. The first-order chi connectivity index (χ1) is 12.5. The van der Waals surface area contributed by atoms with Crippen LogP contribution in [0.4, 0.5) is 10.5 Å². The monoisotopic (exact) mass is 361 g/mol. The zero-order chi connectivity index (χ0) is 18.6. The summed E-state index contributed by atoms with van der Waals surface area (Å²) < 4.78 is 5.23. The molecule has 2 saturated heterocycles. The summed E-state index contributed by atoms with van der Waals surface area (Å²) in [5.74, 6) is 0. The molecule has 144 valence electrons. The van der Waals surface area contributed by atoms with E-state index >= 15 is 0 Å². The highest BCUT2D eigenvalue weighted by atomic mass is 16.6. The van der Waals surface area contributed by atoms with Crippen LogP contribution in [-0.4, -0.2) is 59.8 Å². The molecule has 2 fully saturated rings. The van der Waals surface area contributed by atoms with Gasteiger partial charge in [-0.3, -0.25) is 0 Å². The Morgan fingerprint density at radius 3 is 2.50 bits per heavy atom. The number of carbonyl (C=O) groups excluding carboxylic acids is 1. The van der Waals surface area contributed by atoms with Gasteiger partial charge in [-0.15, -0.1) is 0 Å². The second-order valence-corrected chi connectivity index (χ2v) is 7.49. The van der Waals surface area contributed by atoms with Crippen molar-refractivity contribution in [3.8, 4) is 0 Å². The minimum atomic E-state index is -0.827. The quantitative estimate of drug-likeness (QED) is 0.806. The molecule has 0 atom stereocenters. The highest BCUT2D eigenvalue weighted by molar-refractivity contribution is 5.67. The van der Waals surface area contributed by atoms with Gasteiger partial charge in [-0.25, -0.2) is 4.79 Å². The Balaban J connectivity index is 1.50. The maximum atomic E-state index is 12.0. The highest BCUT2D eigenvalue weighted by Crippen LogP contribution is 2.37. The summed E-state index contributed by atoms with van der Waals surface area (Å²) in [7, 11) is 0. The number of nitrogens with zero attached hydrogens (tertiary/aromatic N) is 2. The van der Waals surface area contributed by atoms with E-state index in [2.05, 4.69) is 4.90 Å². The van der Waals surface area contributed by atoms with Gasteiger partial charge in [-0.1, -0.05) is 25.1 Å². The number of nitrogens with two attached hydrogens (primary N) is 1. The molecular formula is C20H31N3O3. The van der Waals surface area contributed by atoms with E-state index in [0.29, 0.717) is 31.2 Å². The Morgan fingerprint density at radius 2 is 1.88 bits per heavy atom. The summed E-state index contributed by atoms with van der Waals surface area (Å²) in [5.41, 5.74) is 6.77. The molecule has 3 rings (SSSR count). The Labute approximate surface area is 155 Å². The number of carbonyl (C=O) groups is 1. The number of likely N-dealkylation sites (tertiary alicyclic amines) is 2. The Bertz CT molecular complexity index is 606. The third-order valence-electron chi connectivity index (χ3n) is 5.76. The Hall–Kier alpha value is -1.79. The zero-order valence-electron chi connectivity index (χ0n) is 15.7. The van der Waals surface area contributed by atoms with Gasteiger partial charge in [0.25, 0.3) is 0 Å². The molecule has 0 unspecified atom stereocenters. The van der Waals surface area contributed by atoms with E-state index < -0.39 is 5.60 Å². The Kier molecular flexibility index (Phi) is 6.04. The molecule has 2 aliphatic heterocycles. The van der Waals surface area contributed by atoms with Gasteiger partial charge in [0, 0.05) is 43.5 Å². The number of hydrogen-bond donors (Lipinski definition) is 2. The number of amides is 1. The first-order valence-electron chi connectivity index (χ1n) is 9.76. The predicted octanol–water partition coefficient (Wildman–Crippen LogP) is 2.56. The molecule has 0 radical (unpaired) electrons. The first kappa shape index (κ1) is 19.0. The minimum Gasteiger partial charge on any atom is -0.449 e. The van der Waals surface area contributed by atoms with Crippen LogP contribution in [0.2, 0.25) is 0 Å². The number of para-hydroxylation sites is 1. The number of anilines is 1. The molecule has 1 aromatic carbocycles. The van der Waals surface area contributed by atoms with Gasteiger partial charge in [0.2, 0.25) is 0 Å². The van der Waals surface area contributed by atoms with Crippen LogP contribution in [0.5, 0.6) is 0 Å². The smallest absolute Gasteiger partial charge is 0.409 e. The van der Waals surface area contributed by atoms with Crippen molar-refractivity contribution < 1.29 is 14.6 Å². The van der Waals surface area contributed by atoms with E-state index in [4.69, 9.17) is 10.5 Å². The van der Waals surface area contributed by atoms with Gasteiger partial charge in [-0.2, -0.15) is 0 Å². The number of rotatable bonds is 4. The van der Waals surface area contributed by atoms with E-state index in [1.54, 1.807) is 0 Å². The summed E-state index contributed by atoms with van der Waals surface area (Å²) in [6.45, 7) is 5.71. The lowest BCUT2D eigenvalue weighted by molar-refractivity contribution is -0.0411. The molecule has 26 heavy (non-hydrogen) atoms. The maximum Gasteiger partial charge on any atom is 0.409 e. The summed E-state index contributed by atoms with van der Waals surface area (Å²) in [5, 5.41) is 11.1. The van der Waals surface area contributed by atoms with Gasteiger partial charge < -0.3 is 25.4 Å². The average Bonchev–Trinajstić information content (AvgIpc) is 2.67. The zero-order valence-corrected chi connectivity index (χ0v) is 15.7. The van der Waals surface area contributed by atoms with Crippen LogP contribution in [0.3, 0.4) is 0 Å². The van der Waals surface area contributed by atoms with Crippen LogP contribution in [0.1, 0.15) is 44.6 Å².